The number of H-pyrrole nitrogens is 1. The van der Waals surface area contributed by atoms with Crippen molar-refractivity contribution in [3.8, 4) is 6.07 Å². The molecule has 168 valence electrons. The third kappa shape index (κ3) is 5.18. The lowest BCUT2D eigenvalue weighted by Gasteiger charge is -2.02. The largest absolute Gasteiger partial charge is 0.316 e. The number of nitro groups is 1. The minimum absolute atomic E-state index is 0.00692. The number of fused-ring (bicyclic) bond motifs is 1. The number of anilines is 2. The molecule has 33 heavy (non-hydrogen) atoms. The van der Waals surface area contributed by atoms with Crippen LogP contribution in [-0.2, 0) is 17.6 Å². The summed E-state index contributed by atoms with van der Waals surface area (Å²) in [5.74, 6) is 0.152. The maximum atomic E-state index is 12.3. The van der Waals surface area contributed by atoms with E-state index in [0.717, 1.165) is 42.2 Å². The van der Waals surface area contributed by atoms with Crippen molar-refractivity contribution in [3.05, 3.63) is 55.9 Å². The van der Waals surface area contributed by atoms with Crippen LogP contribution in [0.25, 0.3) is 0 Å². The van der Waals surface area contributed by atoms with Gasteiger partial charge in [-0.2, -0.15) is 15.3 Å². The van der Waals surface area contributed by atoms with Crippen LogP contribution < -0.4 is 10.7 Å². The predicted molar refractivity (Wildman–Crippen MR) is 126 cm³/mol. The molecular weight excluding hydrogens is 464 g/mol. The van der Waals surface area contributed by atoms with Crippen molar-refractivity contribution >= 4 is 51.4 Å². The van der Waals surface area contributed by atoms with Crippen LogP contribution in [0.1, 0.15) is 34.9 Å². The molecular formula is C20H18N8O3S2. The number of aromatic nitrogens is 3. The lowest BCUT2D eigenvalue weighted by atomic mass is 10.1. The summed E-state index contributed by atoms with van der Waals surface area (Å²) in [5, 5.41) is 34.9. The summed E-state index contributed by atoms with van der Waals surface area (Å²) in [6.07, 6.45) is 2.90. The summed E-state index contributed by atoms with van der Waals surface area (Å²) in [6, 6.07) is 8.25. The van der Waals surface area contributed by atoms with E-state index >= 15 is 0 Å². The number of rotatable bonds is 8. The second-order valence-corrected chi connectivity index (χ2v) is 9.14. The Hall–Kier alpha value is -3.76. The number of nitrogens with one attached hydrogen (secondary N) is 3. The normalized spacial score (nSPS) is 12.8. The van der Waals surface area contributed by atoms with Gasteiger partial charge in [-0.25, -0.2) is 10.5 Å². The lowest BCUT2D eigenvalue weighted by molar-refractivity contribution is -0.384. The Kier molecular flexibility index (Phi) is 6.66. The van der Waals surface area contributed by atoms with E-state index in [0.29, 0.717) is 27.4 Å². The third-order valence-corrected chi connectivity index (χ3v) is 6.96. The van der Waals surface area contributed by atoms with Crippen molar-refractivity contribution in [2.75, 3.05) is 16.5 Å². The van der Waals surface area contributed by atoms with E-state index in [4.69, 9.17) is 0 Å². The average molecular weight is 483 g/mol. The summed E-state index contributed by atoms with van der Waals surface area (Å²) >= 11 is 2.63. The molecule has 1 aromatic carbocycles. The number of thioether (sulfide) groups is 1. The van der Waals surface area contributed by atoms with E-state index in [1.165, 1.54) is 28.3 Å². The van der Waals surface area contributed by atoms with Gasteiger partial charge in [0.25, 0.3) is 5.69 Å². The first-order chi connectivity index (χ1) is 15.9. The Morgan fingerprint density at radius 3 is 2.91 bits per heavy atom. The van der Waals surface area contributed by atoms with E-state index in [-0.39, 0.29) is 17.3 Å². The van der Waals surface area contributed by atoms with Crippen LogP contribution in [0.5, 0.6) is 0 Å². The molecule has 2 aromatic heterocycles. The summed E-state index contributed by atoms with van der Waals surface area (Å²) in [6.45, 7) is 1.75. The molecule has 0 bridgehead atoms. The molecule has 3 aromatic rings. The predicted octanol–water partition coefficient (Wildman–Crippen LogP) is 3.70. The number of carbonyl (C=O) groups is 1. The number of non-ortho nitro benzene ring substituents is 1. The maximum absolute atomic E-state index is 12.3. The number of amides is 1. The fraction of sp³-hybridized carbons (Fsp3) is 0.250. The zero-order valence-electron chi connectivity index (χ0n) is 17.4. The lowest BCUT2D eigenvalue weighted by Crippen LogP contribution is -2.14. The highest BCUT2D eigenvalue weighted by Crippen LogP contribution is 2.38. The van der Waals surface area contributed by atoms with Crippen LogP contribution in [0.15, 0.2) is 34.5 Å². The Labute approximate surface area is 196 Å². The molecule has 1 aliphatic carbocycles. The summed E-state index contributed by atoms with van der Waals surface area (Å²) in [4.78, 5) is 28.0. The molecule has 1 aliphatic rings. The van der Waals surface area contributed by atoms with Crippen LogP contribution in [0.4, 0.5) is 16.6 Å². The SMILES string of the molecule is C/C(=N\Nc1nc(SCC(=O)Nc2sc3c(c2C#N)CCC3)n[nH]1)c1ccc([N+](=O)[O-])cc1. The van der Waals surface area contributed by atoms with Crippen LogP contribution in [-0.4, -0.2) is 37.5 Å². The zero-order valence-corrected chi connectivity index (χ0v) is 19.0. The molecule has 0 saturated carbocycles. The van der Waals surface area contributed by atoms with E-state index in [2.05, 4.69) is 37.1 Å². The topological polar surface area (TPSA) is 162 Å². The molecule has 1 amide bonds. The second kappa shape index (κ2) is 9.80. The molecule has 0 aliphatic heterocycles. The number of aromatic amines is 1. The second-order valence-electron chi connectivity index (χ2n) is 7.09. The van der Waals surface area contributed by atoms with Crippen LogP contribution in [0, 0.1) is 21.4 Å². The van der Waals surface area contributed by atoms with Crippen molar-refractivity contribution in [1.29, 1.82) is 5.26 Å². The van der Waals surface area contributed by atoms with Gasteiger partial charge in [0.1, 0.15) is 11.1 Å². The van der Waals surface area contributed by atoms with Crippen molar-refractivity contribution in [2.24, 2.45) is 5.10 Å². The van der Waals surface area contributed by atoms with Crippen LogP contribution >= 0.6 is 23.1 Å². The molecule has 13 heteroatoms. The number of benzene rings is 1. The quantitative estimate of drug-likeness (QED) is 0.189. The fourth-order valence-electron chi connectivity index (χ4n) is 3.29. The number of thiophene rings is 1. The number of hydrazone groups is 1. The standard InChI is InChI=1S/C20H18N8O3S2/c1-11(12-5-7-13(8-6-12)28(30)31)24-25-19-23-20(27-26-19)32-10-17(29)22-18-15(9-21)14-3-2-4-16(14)33-18/h5-8H,2-4,10H2,1H3,(H,22,29)(H2,23,25,26,27)/b24-11+. The molecule has 0 fully saturated rings. The minimum Gasteiger partial charge on any atom is -0.316 e. The third-order valence-electron chi connectivity index (χ3n) is 4.91. The van der Waals surface area contributed by atoms with Crippen LogP contribution in [0.3, 0.4) is 0 Å². The zero-order chi connectivity index (χ0) is 23.4. The van der Waals surface area contributed by atoms with E-state index in [1.54, 1.807) is 19.1 Å². The molecule has 0 spiro atoms. The Morgan fingerprint density at radius 1 is 1.39 bits per heavy atom. The van der Waals surface area contributed by atoms with Gasteiger partial charge in [0.05, 0.1) is 22.0 Å². The number of hydrogen-bond donors (Lipinski definition) is 3. The van der Waals surface area contributed by atoms with Crippen molar-refractivity contribution in [2.45, 2.75) is 31.3 Å². The van der Waals surface area contributed by atoms with Gasteiger partial charge < -0.3 is 5.32 Å². The van der Waals surface area contributed by atoms with E-state index in [1.807, 2.05) is 0 Å². The number of aryl methyl sites for hydroxylation is 1. The number of hydrogen-bond acceptors (Lipinski definition) is 10. The molecule has 0 saturated heterocycles. The van der Waals surface area contributed by atoms with Crippen molar-refractivity contribution < 1.29 is 9.72 Å². The van der Waals surface area contributed by atoms with Crippen molar-refractivity contribution in [1.82, 2.24) is 15.2 Å². The highest BCUT2D eigenvalue weighted by atomic mass is 32.2. The van der Waals surface area contributed by atoms with Gasteiger partial charge in [0.15, 0.2) is 0 Å². The molecule has 0 radical (unpaired) electrons. The fourth-order valence-corrected chi connectivity index (χ4v) is 5.14. The minimum atomic E-state index is -0.461. The Balaban J connectivity index is 1.30. The summed E-state index contributed by atoms with van der Waals surface area (Å²) in [5.41, 5.74) is 5.72. The first-order valence-corrected chi connectivity index (χ1v) is 11.7. The van der Waals surface area contributed by atoms with E-state index < -0.39 is 4.92 Å². The van der Waals surface area contributed by atoms with Gasteiger partial charge in [-0.3, -0.25) is 14.9 Å². The molecule has 4 rings (SSSR count). The summed E-state index contributed by atoms with van der Waals surface area (Å²) < 4.78 is 0. The van der Waals surface area contributed by atoms with Gasteiger partial charge in [-0.05, 0) is 49.4 Å². The molecule has 3 N–H and O–H groups in total. The monoisotopic (exact) mass is 482 g/mol. The van der Waals surface area contributed by atoms with Crippen LogP contribution in [0.2, 0.25) is 0 Å². The first-order valence-electron chi connectivity index (χ1n) is 9.89. The van der Waals surface area contributed by atoms with E-state index in [9.17, 15) is 20.2 Å². The molecule has 0 unspecified atom stereocenters. The highest BCUT2D eigenvalue weighted by molar-refractivity contribution is 7.99. The molecule has 0 atom stereocenters. The average Bonchev–Trinajstić information content (AvgIpc) is 3.52. The van der Waals surface area contributed by atoms with Gasteiger partial charge in [0.2, 0.25) is 17.0 Å². The number of carbonyl (C=O) groups excluding carboxylic acids is 1. The number of nitriles is 1. The molecule has 11 nitrogen and oxygen atoms in total. The molecule has 2 heterocycles. The highest BCUT2D eigenvalue weighted by Gasteiger charge is 2.23. The number of nitro benzene ring substituents is 1. The van der Waals surface area contributed by atoms with Gasteiger partial charge in [-0.1, -0.05) is 11.8 Å². The van der Waals surface area contributed by atoms with Crippen molar-refractivity contribution in [3.63, 3.8) is 0 Å². The first kappa shape index (κ1) is 22.4. The van der Waals surface area contributed by atoms with Gasteiger partial charge in [0, 0.05) is 17.0 Å². The van der Waals surface area contributed by atoms with Gasteiger partial charge >= 0.3 is 0 Å². The summed E-state index contributed by atoms with van der Waals surface area (Å²) in [7, 11) is 0. The van der Waals surface area contributed by atoms with Gasteiger partial charge in [-0.15, -0.1) is 16.4 Å². The number of nitrogens with zero attached hydrogens (tertiary/aromatic N) is 5. The Bertz CT molecular complexity index is 1270. The maximum Gasteiger partial charge on any atom is 0.269 e. The Morgan fingerprint density at radius 2 is 2.18 bits per heavy atom. The smallest absolute Gasteiger partial charge is 0.269 e.